The minimum Gasteiger partial charge on any atom is -0.298 e. The minimum absolute atomic E-state index is 0.0887. The van der Waals surface area contributed by atoms with Crippen molar-refractivity contribution in [2.75, 3.05) is 0 Å². The third-order valence-corrected chi connectivity index (χ3v) is 3.48. The zero-order valence-corrected chi connectivity index (χ0v) is 14.3. The smallest absolute Gasteiger partial charge is 0.271 e. The maximum absolute atomic E-state index is 12.8. The molecule has 2 aromatic carbocycles. The molecular weight excluding hydrogens is 365 g/mol. The van der Waals surface area contributed by atoms with Crippen molar-refractivity contribution >= 4 is 46.8 Å². The van der Waals surface area contributed by atoms with Crippen molar-refractivity contribution in [2.45, 2.75) is 0 Å². The van der Waals surface area contributed by atoms with Gasteiger partial charge in [0.1, 0.15) is 5.82 Å². The van der Waals surface area contributed by atoms with Crippen LogP contribution in [0.4, 0.5) is 4.39 Å². The number of benzene rings is 2. The second-order valence-electron chi connectivity index (χ2n) is 4.76. The molecular formula is C17H13ClFN3O2S. The maximum atomic E-state index is 12.8. The summed E-state index contributed by atoms with van der Waals surface area (Å²) in [6, 6.07) is 12.1. The average molecular weight is 378 g/mol. The Labute approximate surface area is 153 Å². The molecule has 0 saturated heterocycles. The third-order valence-electron chi connectivity index (χ3n) is 2.94. The van der Waals surface area contributed by atoms with Crippen LogP contribution in [0.25, 0.3) is 6.08 Å². The van der Waals surface area contributed by atoms with E-state index in [4.69, 9.17) is 23.8 Å². The van der Waals surface area contributed by atoms with Gasteiger partial charge >= 0.3 is 0 Å². The summed E-state index contributed by atoms with van der Waals surface area (Å²) in [5.74, 6) is -1.36. The van der Waals surface area contributed by atoms with Crippen LogP contribution in [-0.4, -0.2) is 16.9 Å². The van der Waals surface area contributed by atoms with Crippen LogP contribution in [0.1, 0.15) is 15.9 Å². The molecule has 5 nitrogen and oxygen atoms in total. The summed E-state index contributed by atoms with van der Waals surface area (Å²) in [5.41, 5.74) is 5.65. The molecule has 0 radical (unpaired) electrons. The van der Waals surface area contributed by atoms with Crippen molar-refractivity contribution < 1.29 is 14.0 Å². The van der Waals surface area contributed by atoms with E-state index >= 15 is 0 Å². The second-order valence-corrected chi connectivity index (χ2v) is 5.58. The lowest BCUT2D eigenvalue weighted by Crippen LogP contribution is -2.48. The van der Waals surface area contributed by atoms with Crippen LogP contribution < -0.4 is 16.2 Å². The maximum Gasteiger partial charge on any atom is 0.271 e. The number of hydrogen-bond acceptors (Lipinski definition) is 3. The van der Waals surface area contributed by atoms with E-state index in [9.17, 15) is 14.0 Å². The minimum atomic E-state index is -0.506. The van der Waals surface area contributed by atoms with E-state index in [2.05, 4.69) is 16.2 Å². The van der Waals surface area contributed by atoms with Crippen LogP contribution in [0.2, 0.25) is 5.02 Å². The summed E-state index contributed by atoms with van der Waals surface area (Å²) >= 11 is 10.8. The van der Waals surface area contributed by atoms with Crippen LogP contribution in [0, 0.1) is 5.82 Å². The highest BCUT2D eigenvalue weighted by atomic mass is 35.5. The Balaban J connectivity index is 1.81. The van der Waals surface area contributed by atoms with Crippen molar-refractivity contribution in [1.29, 1.82) is 0 Å². The van der Waals surface area contributed by atoms with Gasteiger partial charge in [0.25, 0.3) is 5.91 Å². The van der Waals surface area contributed by atoms with Gasteiger partial charge in [-0.15, -0.1) is 0 Å². The summed E-state index contributed by atoms with van der Waals surface area (Å²) in [6.07, 6.45) is 2.73. The van der Waals surface area contributed by atoms with Crippen LogP contribution in [-0.2, 0) is 4.79 Å². The summed E-state index contributed by atoms with van der Waals surface area (Å²) in [4.78, 5) is 23.6. The first kappa shape index (κ1) is 18.6. The molecule has 8 heteroatoms. The fourth-order valence-electron chi connectivity index (χ4n) is 1.76. The quantitative estimate of drug-likeness (QED) is 0.437. The molecule has 0 heterocycles. The molecule has 0 fully saturated rings. The SMILES string of the molecule is O=C(/C=C/c1ccc(F)cc1)NC(=S)NNC(=O)c1ccccc1Cl. The number of rotatable bonds is 3. The summed E-state index contributed by atoms with van der Waals surface area (Å²) < 4.78 is 12.8. The van der Waals surface area contributed by atoms with E-state index in [0.717, 1.165) is 0 Å². The zero-order valence-electron chi connectivity index (χ0n) is 12.8. The van der Waals surface area contributed by atoms with E-state index in [0.29, 0.717) is 10.6 Å². The van der Waals surface area contributed by atoms with Crippen LogP contribution in [0.15, 0.2) is 54.6 Å². The molecule has 2 rings (SSSR count). The molecule has 2 aromatic rings. The molecule has 0 bridgehead atoms. The Hall–Kier alpha value is -2.77. The molecule has 0 atom stereocenters. The van der Waals surface area contributed by atoms with E-state index in [1.807, 2.05) is 0 Å². The Bertz CT molecular complexity index is 825. The van der Waals surface area contributed by atoms with Gasteiger partial charge in [0.05, 0.1) is 10.6 Å². The van der Waals surface area contributed by atoms with E-state index < -0.39 is 11.8 Å². The van der Waals surface area contributed by atoms with Crippen molar-refractivity contribution in [1.82, 2.24) is 16.2 Å². The molecule has 0 aliphatic heterocycles. The number of carbonyl (C=O) groups excluding carboxylic acids is 2. The Morgan fingerprint density at radius 3 is 2.40 bits per heavy atom. The highest BCUT2D eigenvalue weighted by molar-refractivity contribution is 7.80. The Morgan fingerprint density at radius 2 is 1.72 bits per heavy atom. The number of nitrogens with one attached hydrogen (secondary N) is 3. The zero-order chi connectivity index (χ0) is 18.2. The number of hydrazine groups is 1. The predicted molar refractivity (Wildman–Crippen MR) is 98.2 cm³/mol. The molecule has 25 heavy (non-hydrogen) atoms. The highest BCUT2D eigenvalue weighted by Crippen LogP contribution is 2.14. The Kier molecular flexibility index (Phi) is 6.62. The lowest BCUT2D eigenvalue weighted by molar-refractivity contribution is -0.115. The first-order valence-corrected chi connectivity index (χ1v) is 7.84. The van der Waals surface area contributed by atoms with Gasteiger partial charge in [-0.2, -0.15) is 0 Å². The highest BCUT2D eigenvalue weighted by Gasteiger charge is 2.09. The average Bonchev–Trinajstić information content (AvgIpc) is 2.59. The predicted octanol–water partition coefficient (Wildman–Crippen LogP) is 2.83. The van der Waals surface area contributed by atoms with Crippen molar-refractivity contribution in [3.05, 3.63) is 76.6 Å². The van der Waals surface area contributed by atoms with Gasteiger partial charge in [-0.3, -0.25) is 25.8 Å². The largest absolute Gasteiger partial charge is 0.298 e. The Morgan fingerprint density at radius 1 is 1.04 bits per heavy atom. The molecule has 3 N–H and O–H groups in total. The first-order valence-electron chi connectivity index (χ1n) is 7.05. The van der Waals surface area contributed by atoms with Gasteiger partial charge in [-0.1, -0.05) is 35.9 Å². The number of thiocarbonyl (C=S) groups is 1. The molecule has 0 saturated carbocycles. The number of carbonyl (C=O) groups is 2. The third kappa shape index (κ3) is 5.98. The second kappa shape index (κ2) is 8.91. The van der Waals surface area contributed by atoms with Crippen LogP contribution >= 0.6 is 23.8 Å². The lowest BCUT2D eigenvalue weighted by Gasteiger charge is -2.10. The number of amides is 2. The fourth-order valence-corrected chi connectivity index (χ4v) is 2.13. The molecule has 0 unspecified atom stereocenters. The molecule has 0 spiro atoms. The molecule has 128 valence electrons. The van der Waals surface area contributed by atoms with Gasteiger partial charge in [0.15, 0.2) is 5.11 Å². The number of halogens is 2. The van der Waals surface area contributed by atoms with Gasteiger partial charge in [0, 0.05) is 6.08 Å². The summed E-state index contributed by atoms with van der Waals surface area (Å²) in [7, 11) is 0. The standard InChI is InChI=1S/C17H13ClFN3O2S/c18-14-4-2-1-3-13(14)16(24)21-22-17(25)20-15(23)10-7-11-5-8-12(19)9-6-11/h1-10H,(H,21,24)(H2,20,22,23,25)/b10-7+. The monoisotopic (exact) mass is 377 g/mol. The molecule has 0 aliphatic rings. The molecule has 0 aromatic heterocycles. The van der Waals surface area contributed by atoms with Gasteiger partial charge in [0.2, 0.25) is 5.91 Å². The van der Waals surface area contributed by atoms with E-state index in [-0.39, 0.29) is 16.5 Å². The molecule has 2 amide bonds. The normalized spacial score (nSPS) is 10.3. The van der Waals surface area contributed by atoms with Crippen LogP contribution in [0.3, 0.4) is 0 Å². The molecule has 0 aliphatic carbocycles. The summed E-state index contributed by atoms with van der Waals surface area (Å²) in [5, 5.41) is 2.56. The van der Waals surface area contributed by atoms with Crippen molar-refractivity contribution in [3.8, 4) is 0 Å². The van der Waals surface area contributed by atoms with Gasteiger partial charge in [-0.05, 0) is 48.1 Å². The fraction of sp³-hybridized carbons (Fsp3) is 0. The van der Waals surface area contributed by atoms with E-state index in [1.54, 1.807) is 24.3 Å². The van der Waals surface area contributed by atoms with Crippen molar-refractivity contribution in [3.63, 3.8) is 0 Å². The lowest BCUT2D eigenvalue weighted by atomic mass is 10.2. The van der Waals surface area contributed by atoms with Gasteiger partial charge < -0.3 is 0 Å². The topological polar surface area (TPSA) is 70.2 Å². The van der Waals surface area contributed by atoms with Crippen molar-refractivity contribution in [2.24, 2.45) is 0 Å². The van der Waals surface area contributed by atoms with Gasteiger partial charge in [-0.25, -0.2) is 4.39 Å². The van der Waals surface area contributed by atoms with E-state index in [1.165, 1.54) is 36.4 Å². The number of hydrogen-bond donors (Lipinski definition) is 3. The van der Waals surface area contributed by atoms with Crippen LogP contribution in [0.5, 0.6) is 0 Å². The summed E-state index contributed by atoms with van der Waals surface area (Å²) in [6.45, 7) is 0. The first-order chi connectivity index (χ1) is 12.0.